The van der Waals surface area contributed by atoms with Crippen molar-refractivity contribution in [1.29, 1.82) is 0 Å². The van der Waals surface area contributed by atoms with Gasteiger partial charge in [0.1, 0.15) is 6.04 Å². The van der Waals surface area contributed by atoms with Gasteiger partial charge in [0.25, 0.3) is 5.91 Å². The zero-order valence-electron chi connectivity index (χ0n) is 10.0. The average Bonchev–Trinajstić information content (AvgIpc) is 2.38. The normalized spacial score (nSPS) is 19.3. The largest absolute Gasteiger partial charge is 0.353 e. The molecular weight excluding hydrogens is 261 g/mol. The molecule has 1 fully saturated rings. The quantitative estimate of drug-likeness (QED) is 0.777. The van der Waals surface area contributed by atoms with Crippen LogP contribution < -0.4 is 5.32 Å². The first-order chi connectivity index (χ1) is 8.91. The molecule has 0 aromatic heterocycles. The summed E-state index contributed by atoms with van der Waals surface area (Å²) in [6.07, 6.45) is 0. The third-order valence-electron chi connectivity index (χ3n) is 2.99. The molecule has 0 spiro atoms. The summed E-state index contributed by atoms with van der Waals surface area (Å²) in [5.41, 5.74) is -0.321. The van der Waals surface area contributed by atoms with Crippen molar-refractivity contribution in [1.82, 2.24) is 10.2 Å². The number of carbonyl (C=O) groups excluding carboxylic acids is 2. The molecule has 19 heavy (non-hydrogen) atoms. The molecule has 1 aliphatic heterocycles. The average molecular weight is 272 g/mol. The van der Waals surface area contributed by atoms with E-state index in [4.69, 9.17) is 0 Å². The number of hydrogen-bond donors (Lipinski definition) is 1. The number of amides is 2. The molecule has 1 unspecified atom stereocenters. The van der Waals surface area contributed by atoms with E-state index in [1.807, 2.05) is 0 Å². The molecule has 102 valence electrons. The molecule has 0 saturated carbocycles. The summed E-state index contributed by atoms with van der Waals surface area (Å²) in [6, 6.07) is 0.511. The number of nitrogens with one attached hydrogen (secondary N) is 1. The fourth-order valence-corrected chi connectivity index (χ4v) is 1.90. The van der Waals surface area contributed by atoms with Crippen LogP contribution in [0.2, 0.25) is 0 Å². The van der Waals surface area contributed by atoms with Gasteiger partial charge in [0.2, 0.25) is 5.91 Å². The first-order valence-corrected chi connectivity index (χ1v) is 5.65. The number of halogens is 3. The number of hydrogen-bond acceptors (Lipinski definition) is 2. The lowest BCUT2D eigenvalue weighted by Gasteiger charge is -2.32. The highest BCUT2D eigenvalue weighted by molar-refractivity contribution is 5.98. The van der Waals surface area contributed by atoms with Crippen LogP contribution in [-0.4, -0.2) is 35.8 Å². The third-order valence-corrected chi connectivity index (χ3v) is 2.99. The first kappa shape index (κ1) is 13.4. The van der Waals surface area contributed by atoms with Crippen LogP contribution in [-0.2, 0) is 4.79 Å². The fourth-order valence-electron chi connectivity index (χ4n) is 1.90. The second kappa shape index (κ2) is 4.91. The SMILES string of the molecule is CC1C(=O)NCCN1C(=O)c1cc(F)c(F)c(F)c1. The molecule has 2 rings (SSSR count). The Bertz CT molecular complexity index is 525. The number of benzene rings is 1. The van der Waals surface area contributed by atoms with Gasteiger partial charge in [-0.1, -0.05) is 0 Å². The lowest BCUT2D eigenvalue weighted by molar-refractivity contribution is -0.127. The molecule has 1 aliphatic rings. The smallest absolute Gasteiger partial charge is 0.254 e. The minimum absolute atomic E-state index is 0.229. The fraction of sp³-hybridized carbons (Fsp3) is 0.333. The molecule has 1 saturated heterocycles. The number of piperazine rings is 1. The predicted octanol–water partition coefficient (Wildman–Crippen LogP) is 1.06. The van der Waals surface area contributed by atoms with Gasteiger partial charge in [-0.2, -0.15) is 0 Å². The summed E-state index contributed by atoms with van der Waals surface area (Å²) in [6.45, 7) is 2.00. The zero-order chi connectivity index (χ0) is 14.2. The van der Waals surface area contributed by atoms with E-state index in [0.717, 1.165) is 0 Å². The number of rotatable bonds is 1. The zero-order valence-corrected chi connectivity index (χ0v) is 10.0. The van der Waals surface area contributed by atoms with E-state index in [-0.39, 0.29) is 24.6 Å². The molecule has 1 N–H and O–H groups in total. The van der Waals surface area contributed by atoms with Crippen molar-refractivity contribution >= 4 is 11.8 Å². The Hall–Kier alpha value is -2.05. The standard InChI is InChI=1S/C12H11F3N2O2/c1-6-11(18)16-2-3-17(6)12(19)7-4-8(13)10(15)9(14)5-7/h4-6H,2-3H2,1H3,(H,16,18). The summed E-state index contributed by atoms with van der Waals surface area (Å²) < 4.78 is 39.0. The van der Waals surface area contributed by atoms with Crippen LogP contribution in [0.4, 0.5) is 13.2 Å². The molecular formula is C12H11F3N2O2. The van der Waals surface area contributed by atoms with Gasteiger partial charge in [-0.05, 0) is 19.1 Å². The number of nitrogens with zero attached hydrogens (tertiary/aromatic N) is 1. The Morgan fingerprint density at radius 3 is 2.47 bits per heavy atom. The molecule has 4 nitrogen and oxygen atoms in total. The van der Waals surface area contributed by atoms with Crippen molar-refractivity contribution in [3.05, 3.63) is 35.1 Å². The lowest BCUT2D eigenvalue weighted by Crippen LogP contribution is -2.55. The Morgan fingerprint density at radius 2 is 1.89 bits per heavy atom. The molecule has 1 aromatic rings. The lowest BCUT2D eigenvalue weighted by atomic mass is 10.1. The summed E-state index contributed by atoms with van der Waals surface area (Å²) in [5.74, 6) is -5.54. The minimum Gasteiger partial charge on any atom is -0.353 e. The Morgan fingerprint density at radius 1 is 1.32 bits per heavy atom. The van der Waals surface area contributed by atoms with E-state index >= 15 is 0 Å². The van der Waals surface area contributed by atoms with Crippen LogP contribution in [0.15, 0.2) is 12.1 Å². The summed E-state index contributed by atoms with van der Waals surface area (Å²) >= 11 is 0. The van der Waals surface area contributed by atoms with Gasteiger partial charge in [0, 0.05) is 18.7 Å². The summed E-state index contributed by atoms with van der Waals surface area (Å²) in [7, 11) is 0. The van der Waals surface area contributed by atoms with Gasteiger partial charge < -0.3 is 10.2 Å². The van der Waals surface area contributed by atoms with Crippen LogP contribution in [0.25, 0.3) is 0 Å². The highest BCUT2D eigenvalue weighted by Crippen LogP contribution is 2.17. The maximum Gasteiger partial charge on any atom is 0.254 e. The van der Waals surface area contributed by atoms with Crippen LogP contribution >= 0.6 is 0 Å². The molecule has 7 heteroatoms. The predicted molar refractivity (Wildman–Crippen MR) is 59.8 cm³/mol. The Kier molecular flexibility index (Phi) is 3.46. The number of carbonyl (C=O) groups is 2. The van der Waals surface area contributed by atoms with Crippen molar-refractivity contribution in [2.45, 2.75) is 13.0 Å². The maximum absolute atomic E-state index is 13.1. The van der Waals surface area contributed by atoms with E-state index in [9.17, 15) is 22.8 Å². The van der Waals surface area contributed by atoms with Gasteiger partial charge >= 0.3 is 0 Å². The minimum atomic E-state index is -1.62. The van der Waals surface area contributed by atoms with Gasteiger partial charge in [0.15, 0.2) is 17.5 Å². The molecule has 0 bridgehead atoms. The van der Waals surface area contributed by atoms with E-state index in [2.05, 4.69) is 5.32 Å². The van der Waals surface area contributed by atoms with E-state index in [1.165, 1.54) is 11.8 Å². The second-order valence-electron chi connectivity index (χ2n) is 4.22. The van der Waals surface area contributed by atoms with Crippen molar-refractivity contribution in [3.63, 3.8) is 0 Å². The molecule has 1 aromatic carbocycles. The van der Waals surface area contributed by atoms with Crippen molar-refractivity contribution in [3.8, 4) is 0 Å². The van der Waals surface area contributed by atoms with E-state index in [0.29, 0.717) is 12.1 Å². The van der Waals surface area contributed by atoms with Crippen molar-refractivity contribution in [2.24, 2.45) is 0 Å². The van der Waals surface area contributed by atoms with Gasteiger partial charge in [-0.3, -0.25) is 9.59 Å². The van der Waals surface area contributed by atoms with E-state index in [1.54, 1.807) is 0 Å². The topological polar surface area (TPSA) is 49.4 Å². The summed E-state index contributed by atoms with van der Waals surface area (Å²) in [4.78, 5) is 24.7. The molecule has 1 heterocycles. The second-order valence-corrected chi connectivity index (χ2v) is 4.22. The van der Waals surface area contributed by atoms with Gasteiger partial charge in [0.05, 0.1) is 0 Å². The highest BCUT2D eigenvalue weighted by atomic mass is 19.2. The van der Waals surface area contributed by atoms with Crippen LogP contribution in [0, 0.1) is 17.5 Å². The van der Waals surface area contributed by atoms with Crippen LogP contribution in [0.5, 0.6) is 0 Å². The van der Waals surface area contributed by atoms with Gasteiger partial charge in [-0.15, -0.1) is 0 Å². The molecule has 1 atom stereocenters. The summed E-state index contributed by atoms with van der Waals surface area (Å²) in [5, 5.41) is 2.56. The Balaban J connectivity index is 2.31. The van der Waals surface area contributed by atoms with Crippen molar-refractivity contribution < 1.29 is 22.8 Å². The van der Waals surface area contributed by atoms with Gasteiger partial charge in [-0.25, -0.2) is 13.2 Å². The molecule has 0 radical (unpaired) electrons. The monoisotopic (exact) mass is 272 g/mol. The highest BCUT2D eigenvalue weighted by Gasteiger charge is 2.30. The first-order valence-electron chi connectivity index (χ1n) is 5.65. The van der Waals surface area contributed by atoms with Crippen LogP contribution in [0.1, 0.15) is 17.3 Å². The van der Waals surface area contributed by atoms with E-state index < -0.39 is 29.4 Å². The van der Waals surface area contributed by atoms with Crippen molar-refractivity contribution in [2.75, 3.05) is 13.1 Å². The third kappa shape index (κ3) is 2.40. The molecule has 2 amide bonds. The van der Waals surface area contributed by atoms with Crippen LogP contribution in [0.3, 0.4) is 0 Å². The molecule has 0 aliphatic carbocycles. The maximum atomic E-state index is 13.1. The Labute approximate surface area is 107 Å².